The number of benzene rings is 1. The van der Waals surface area contributed by atoms with Gasteiger partial charge in [-0.15, -0.1) is 11.3 Å². The average Bonchev–Trinajstić information content (AvgIpc) is 3.11. The van der Waals surface area contributed by atoms with Crippen molar-refractivity contribution in [1.82, 2.24) is 5.32 Å². The van der Waals surface area contributed by atoms with Crippen LogP contribution in [-0.2, 0) is 4.79 Å². The minimum atomic E-state index is -0.399. The molecular weight excluding hydrogens is 468 g/mol. The van der Waals surface area contributed by atoms with Crippen LogP contribution in [0, 0.1) is 18.3 Å². The van der Waals surface area contributed by atoms with Crippen molar-refractivity contribution in [3.05, 3.63) is 78.1 Å². The summed E-state index contributed by atoms with van der Waals surface area (Å²) in [7, 11) is 0. The Balaban J connectivity index is 1.94. The Labute approximate surface area is 186 Å². The van der Waals surface area contributed by atoms with Gasteiger partial charge in [0, 0.05) is 26.2 Å². The number of thioether (sulfide) groups is 1. The number of Topliss-reactive ketones (excluding diaryl/α,β-unsaturated/α-hetero) is 2. The fourth-order valence-corrected chi connectivity index (χ4v) is 5.59. The number of nitriles is 1. The molecule has 2 aromatic rings. The zero-order valence-electron chi connectivity index (χ0n) is 16.2. The number of hydrogen-bond acceptors (Lipinski definition) is 6. The van der Waals surface area contributed by atoms with Crippen LogP contribution in [0.15, 0.2) is 62.1 Å². The summed E-state index contributed by atoms with van der Waals surface area (Å²) >= 11 is 6.22. The lowest BCUT2D eigenvalue weighted by molar-refractivity contribution is -0.113. The van der Waals surface area contributed by atoms with Crippen LogP contribution in [0.5, 0.6) is 0 Å². The van der Waals surface area contributed by atoms with Crippen molar-refractivity contribution in [2.45, 2.75) is 26.7 Å². The van der Waals surface area contributed by atoms with Gasteiger partial charge in [0.2, 0.25) is 0 Å². The number of ketones is 2. The minimum Gasteiger partial charge on any atom is -0.353 e. The number of dihydropyridines is 1. The molecule has 0 spiro atoms. The molecule has 1 atom stereocenters. The van der Waals surface area contributed by atoms with Crippen LogP contribution < -0.4 is 5.32 Å². The number of aryl methyl sites for hydroxylation is 1. The Morgan fingerprint density at radius 2 is 1.93 bits per heavy atom. The van der Waals surface area contributed by atoms with E-state index < -0.39 is 5.92 Å². The third-order valence-corrected chi connectivity index (χ3v) is 7.33. The molecule has 0 amide bonds. The number of thiophene rings is 1. The fourth-order valence-electron chi connectivity index (χ4n) is 3.29. The molecule has 3 rings (SSSR count). The van der Waals surface area contributed by atoms with Crippen molar-refractivity contribution in [1.29, 1.82) is 5.26 Å². The van der Waals surface area contributed by atoms with Crippen LogP contribution in [0.25, 0.3) is 0 Å². The van der Waals surface area contributed by atoms with Crippen LogP contribution in [0.4, 0.5) is 0 Å². The number of carbonyl (C=O) groups is 2. The second kappa shape index (κ2) is 9.12. The molecule has 1 aromatic heterocycles. The number of allylic oxidation sites excluding steroid dienone is 3. The molecule has 0 unspecified atom stereocenters. The summed E-state index contributed by atoms with van der Waals surface area (Å²) in [4.78, 5) is 26.0. The lowest BCUT2D eigenvalue weighted by Crippen LogP contribution is -2.27. The molecule has 1 aromatic carbocycles. The van der Waals surface area contributed by atoms with Crippen molar-refractivity contribution >= 4 is 50.6 Å². The molecule has 148 valence electrons. The molecule has 0 saturated carbocycles. The first-order valence-corrected chi connectivity index (χ1v) is 11.6. The zero-order chi connectivity index (χ0) is 21.1. The number of hydrogen-bond donors (Lipinski definition) is 1. The van der Waals surface area contributed by atoms with E-state index in [1.165, 1.54) is 18.7 Å². The highest BCUT2D eigenvalue weighted by molar-refractivity contribution is 9.10. The van der Waals surface area contributed by atoms with Crippen molar-refractivity contribution < 1.29 is 9.59 Å². The van der Waals surface area contributed by atoms with E-state index in [1.54, 1.807) is 23.5 Å². The van der Waals surface area contributed by atoms with Gasteiger partial charge in [-0.25, -0.2) is 0 Å². The number of halogens is 1. The Morgan fingerprint density at radius 1 is 1.24 bits per heavy atom. The molecular formula is C22H19BrN2O2S2. The van der Waals surface area contributed by atoms with Crippen LogP contribution in [-0.4, -0.2) is 17.3 Å². The van der Waals surface area contributed by atoms with Gasteiger partial charge < -0.3 is 5.32 Å². The summed E-state index contributed by atoms with van der Waals surface area (Å²) in [5, 5.41) is 15.7. The monoisotopic (exact) mass is 486 g/mol. The van der Waals surface area contributed by atoms with Gasteiger partial charge in [0.25, 0.3) is 0 Å². The largest absolute Gasteiger partial charge is 0.353 e. The second-order valence-electron chi connectivity index (χ2n) is 6.69. The molecule has 29 heavy (non-hydrogen) atoms. The SMILES string of the molecule is CC(=O)C1=C(C)NC(SCC(=O)c2ccc(Br)cc2)=C(C#N)[C@@H]1c1sccc1C. The lowest BCUT2D eigenvalue weighted by Gasteiger charge is -2.29. The van der Waals surface area contributed by atoms with Crippen molar-refractivity contribution in [3.63, 3.8) is 0 Å². The predicted octanol–water partition coefficient (Wildman–Crippen LogP) is 5.72. The van der Waals surface area contributed by atoms with E-state index in [0.717, 1.165) is 20.6 Å². The molecule has 1 aliphatic rings. The molecule has 4 nitrogen and oxygen atoms in total. The maximum atomic E-state index is 12.6. The second-order valence-corrected chi connectivity index (χ2v) is 9.54. The van der Waals surface area contributed by atoms with Gasteiger partial charge in [0.15, 0.2) is 11.6 Å². The molecule has 7 heteroatoms. The summed E-state index contributed by atoms with van der Waals surface area (Å²) in [5.41, 5.74) is 3.50. The Morgan fingerprint density at radius 3 is 2.48 bits per heavy atom. The highest BCUT2D eigenvalue weighted by atomic mass is 79.9. The number of rotatable bonds is 6. The summed E-state index contributed by atoms with van der Waals surface area (Å²) in [5.74, 6) is -0.273. The summed E-state index contributed by atoms with van der Waals surface area (Å²) < 4.78 is 0.914. The molecule has 1 aliphatic heterocycles. The van der Waals surface area contributed by atoms with E-state index in [0.29, 0.717) is 21.7 Å². The first-order chi connectivity index (χ1) is 13.8. The topological polar surface area (TPSA) is 70.0 Å². The number of carbonyl (C=O) groups excluding carboxylic acids is 2. The van der Waals surface area contributed by atoms with Gasteiger partial charge in [-0.2, -0.15) is 5.26 Å². The molecule has 0 saturated heterocycles. The Kier molecular flexibility index (Phi) is 6.78. The molecule has 0 aliphatic carbocycles. The summed E-state index contributed by atoms with van der Waals surface area (Å²) in [6.45, 7) is 5.36. The third-order valence-electron chi connectivity index (χ3n) is 4.70. The van der Waals surface area contributed by atoms with Crippen LogP contribution in [0.1, 0.15) is 40.6 Å². The van der Waals surface area contributed by atoms with E-state index in [2.05, 4.69) is 27.3 Å². The normalized spacial score (nSPS) is 16.4. The van der Waals surface area contributed by atoms with Gasteiger partial charge in [-0.3, -0.25) is 9.59 Å². The Bertz CT molecular complexity index is 1070. The molecule has 0 fully saturated rings. The fraction of sp³-hybridized carbons (Fsp3) is 0.227. The van der Waals surface area contributed by atoms with E-state index >= 15 is 0 Å². The van der Waals surface area contributed by atoms with Crippen molar-refractivity contribution in [2.24, 2.45) is 0 Å². The lowest BCUT2D eigenvalue weighted by atomic mass is 9.84. The maximum Gasteiger partial charge on any atom is 0.173 e. The predicted molar refractivity (Wildman–Crippen MR) is 122 cm³/mol. The third kappa shape index (κ3) is 4.55. The van der Waals surface area contributed by atoms with Crippen LogP contribution >= 0.6 is 39.0 Å². The highest BCUT2D eigenvalue weighted by Crippen LogP contribution is 2.43. The number of nitrogens with one attached hydrogen (secondary N) is 1. The van der Waals surface area contributed by atoms with E-state index in [-0.39, 0.29) is 17.3 Å². The molecule has 2 heterocycles. The molecule has 0 bridgehead atoms. The van der Waals surface area contributed by atoms with Crippen LogP contribution in [0.3, 0.4) is 0 Å². The van der Waals surface area contributed by atoms with Gasteiger partial charge in [-0.05, 0) is 49.9 Å². The molecule has 0 radical (unpaired) electrons. The van der Waals surface area contributed by atoms with E-state index in [9.17, 15) is 14.9 Å². The number of nitrogens with zero attached hydrogens (tertiary/aromatic N) is 1. The Hall–Kier alpha value is -2.14. The van der Waals surface area contributed by atoms with E-state index in [4.69, 9.17) is 0 Å². The quantitative estimate of drug-likeness (QED) is 0.528. The minimum absolute atomic E-state index is 0.0167. The van der Waals surface area contributed by atoms with Gasteiger partial charge in [0.1, 0.15) is 0 Å². The standard InChI is InChI=1S/C22H19BrN2O2S2/c1-12-8-9-28-21(12)20-17(10-24)22(25-13(2)19(20)14(3)26)29-11-18(27)15-4-6-16(23)7-5-15/h4-9,20,25H,11H2,1-3H3/t20-/m0/s1. The zero-order valence-corrected chi connectivity index (χ0v) is 19.4. The van der Waals surface area contributed by atoms with Crippen molar-refractivity contribution in [2.75, 3.05) is 5.75 Å². The summed E-state index contributed by atoms with van der Waals surface area (Å²) in [6, 6.07) is 11.5. The van der Waals surface area contributed by atoms with Gasteiger partial charge in [0.05, 0.1) is 28.3 Å². The van der Waals surface area contributed by atoms with Gasteiger partial charge in [-0.1, -0.05) is 39.8 Å². The van der Waals surface area contributed by atoms with Gasteiger partial charge >= 0.3 is 0 Å². The summed E-state index contributed by atoms with van der Waals surface area (Å²) in [6.07, 6.45) is 0. The first-order valence-electron chi connectivity index (χ1n) is 8.92. The van der Waals surface area contributed by atoms with E-state index in [1.807, 2.05) is 37.4 Å². The molecule has 1 N–H and O–H groups in total. The van der Waals surface area contributed by atoms with Crippen molar-refractivity contribution in [3.8, 4) is 6.07 Å². The highest BCUT2D eigenvalue weighted by Gasteiger charge is 2.34. The smallest absolute Gasteiger partial charge is 0.173 e. The average molecular weight is 487 g/mol. The van der Waals surface area contributed by atoms with Crippen LogP contribution in [0.2, 0.25) is 0 Å². The maximum absolute atomic E-state index is 12.6. The first kappa shape index (κ1) is 21.6.